The van der Waals surface area contributed by atoms with Gasteiger partial charge in [-0.05, 0) is 55.0 Å². The van der Waals surface area contributed by atoms with E-state index in [2.05, 4.69) is 15.8 Å². The first-order valence-electron chi connectivity index (χ1n) is 10.1. The Morgan fingerprint density at radius 1 is 1.09 bits per heavy atom. The van der Waals surface area contributed by atoms with Gasteiger partial charge in [-0.3, -0.25) is 25.2 Å². The van der Waals surface area contributed by atoms with E-state index >= 15 is 0 Å². The highest BCUT2D eigenvalue weighted by Gasteiger charge is 2.10. The molecule has 1 heterocycles. The molecule has 0 fully saturated rings. The Hall–Kier alpha value is -4.27. The third-order valence-electron chi connectivity index (χ3n) is 4.69. The van der Waals surface area contributed by atoms with Crippen LogP contribution >= 0.6 is 0 Å². The van der Waals surface area contributed by atoms with Gasteiger partial charge in [-0.2, -0.15) is 0 Å². The number of imidazole rings is 1. The van der Waals surface area contributed by atoms with Crippen LogP contribution in [-0.2, 0) is 9.59 Å². The van der Waals surface area contributed by atoms with Gasteiger partial charge >= 0.3 is 0 Å². The van der Waals surface area contributed by atoms with Crippen molar-refractivity contribution >= 4 is 23.7 Å². The number of hydrogen-bond acceptors (Lipinski definition) is 5. The lowest BCUT2D eigenvalue weighted by atomic mass is 10.1. The summed E-state index contributed by atoms with van der Waals surface area (Å²) in [6, 6.07) is 10.5. The second-order valence-electron chi connectivity index (χ2n) is 7.15. The van der Waals surface area contributed by atoms with Gasteiger partial charge in [-0.15, -0.1) is 0 Å². The van der Waals surface area contributed by atoms with E-state index in [4.69, 9.17) is 4.74 Å². The Labute approximate surface area is 190 Å². The molecule has 0 spiro atoms. The van der Waals surface area contributed by atoms with Gasteiger partial charge in [-0.25, -0.2) is 9.37 Å². The lowest BCUT2D eigenvalue weighted by Gasteiger charge is -2.10. The molecule has 8 nitrogen and oxygen atoms in total. The fraction of sp³-hybridized carbons (Fsp3) is 0.167. The van der Waals surface area contributed by atoms with Crippen LogP contribution in [0.15, 0.2) is 61.1 Å². The number of benzene rings is 2. The smallest absolute Gasteiger partial charge is 0.262 e. The maximum atomic E-state index is 12.9. The number of aromatic nitrogens is 2. The molecule has 0 aliphatic carbocycles. The van der Waals surface area contributed by atoms with E-state index in [-0.39, 0.29) is 18.6 Å². The largest absolute Gasteiger partial charge is 0.495 e. The fourth-order valence-electron chi connectivity index (χ4n) is 2.98. The monoisotopic (exact) mass is 450 g/mol. The van der Waals surface area contributed by atoms with Crippen molar-refractivity contribution in [1.82, 2.24) is 20.4 Å². The summed E-state index contributed by atoms with van der Waals surface area (Å²) in [7, 11) is 1.55. The van der Waals surface area contributed by atoms with Gasteiger partial charge in [0.2, 0.25) is 5.91 Å². The molecule has 0 unspecified atom stereocenters. The number of carbonyl (C=O) groups excluding carboxylic acids is 3. The molecule has 0 saturated carbocycles. The molecule has 0 saturated heterocycles. The first-order valence-corrected chi connectivity index (χ1v) is 10.1. The zero-order valence-corrected chi connectivity index (χ0v) is 18.2. The van der Waals surface area contributed by atoms with Crippen molar-refractivity contribution in [1.29, 1.82) is 0 Å². The van der Waals surface area contributed by atoms with Crippen LogP contribution in [0, 0.1) is 12.7 Å². The number of amides is 2. The molecule has 1 aromatic heterocycles. The van der Waals surface area contributed by atoms with Crippen LogP contribution < -0.4 is 15.6 Å². The van der Waals surface area contributed by atoms with Gasteiger partial charge in [0.05, 0.1) is 24.8 Å². The normalized spacial score (nSPS) is 10.8. The molecule has 3 rings (SSSR count). The Kier molecular flexibility index (Phi) is 7.69. The second kappa shape index (κ2) is 10.9. The molecule has 3 aromatic rings. The highest BCUT2D eigenvalue weighted by Crippen LogP contribution is 2.25. The van der Waals surface area contributed by atoms with Crippen molar-refractivity contribution < 1.29 is 23.5 Å². The molecule has 0 aliphatic heterocycles. The summed E-state index contributed by atoms with van der Waals surface area (Å²) in [5.41, 5.74) is 7.24. The summed E-state index contributed by atoms with van der Waals surface area (Å²) in [4.78, 5) is 40.1. The van der Waals surface area contributed by atoms with Crippen molar-refractivity contribution in [2.45, 2.75) is 19.8 Å². The van der Waals surface area contributed by atoms with Gasteiger partial charge in [0, 0.05) is 30.7 Å². The predicted octanol–water partition coefficient (Wildman–Crippen LogP) is 3.15. The van der Waals surface area contributed by atoms with E-state index in [0.29, 0.717) is 11.3 Å². The topological polar surface area (TPSA) is 102 Å². The average molecular weight is 450 g/mol. The van der Waals surface area contributed by atoms with Gasteiger partial charge in [-0.1, -0.05) is 6.07 Å². The second-order valence-corrected chi connectivity index (χ2v) is 7.15. The summed E-state index contributed by atoms with van der Waals surface area (Å²) >= 11 is 0. The predicted molar refractivity (Wildman–Crippen MR) is 120 cm³/mol. The first-order chi connectivity index (χ1) is 15.9. The molecule has 2 N–H and O–H groups in total. The highest BCUT2D eigenvalue weighted by molar-refractivity contribution is 5.98. The maximum Gasteiger partial charge on any atom is 0.262 e. The Morgan fingerprint density at radius 2 is 1.85 bits per heavy atom. The Bertz CT molecular complexity index is 1190. The number of aryl methyl sites for hydroxylation is 1. The SMILES string of the molecule is COc1cc(C=CC(=O)NNC(=O)CCC(=O)c2ccc(F)cc2)ccc1-n1cnc(C)c1. The van der Waals surface area contributed by atoms with Gasteiger partial charge < -0.3 is 9.30 Å². The average Bonchev–Trinajstić information content (AvgIpc) is 3.26. The Morgan fingerprint density at radius 3 is 2.52 bits per heavy atom. The lowest BCUT2D eigenvalue weighted by Crippen LogP contribution is -2.40. The number of methoxy groups -OCH3 is 1. The Balaban J connectivity index is 1.49. The van der Waals surface area contributed by atoms with E-state index in [1.807, 2.05) is 29.8 Å². The minimum atomic E-state index is -0.540. The molecular weight excluding hydrogens is 427 g/mol. The number of ketones is 1. The summed E-state index contributed by atoms with van der Waals surface area (Å²) in [5, 5.41) is 0. The van der Waals surface area contributed by atoms with E-state index in [0.717, 1.165) is 16.9 Å². The van der Waals surface area contributed by atoms with E-state index in [1.54, 1.807) is 25.6 Å². The first kappa shape index (κ1) is 23.4. The lowest BCUT2D eigenvalue weighted by molar-refractivity contribution is -0.126. The van der Waals surface area contributed by atoms with Crippen LogP contribution in [-0.4, -0.2) is 34.3 Å². The zero-order chi connectivity index (χ0) is 23.8. The number of hydrazine groups is 1. The fourth-order valence-corrected chi connectivity index (χ4v) is 2.98. The number of nitrogens with one attached hydrogen (secondary N) is 2. The third kappa shape index (κ3) is 6.60. The van der Waals surface area contributed by atoms with Gasteiger partial charge in [0.1, 0.15) is 11.6 Å². The summed E-state index contributed by atoms with van der Waals surface area (Å²) in [5.74, 6) is -1.19. The van der Waals surface area contributed by atoms with E-state index < -0.39 is 17.6 Å². The van der Waals surface area contributed by atoms with Crippen LogP contribution in [0.2, 0.25) is 0 Å². The number of carbonyl (C=O) groups is 3. The van der Waals surface area contributed by atoms with E-state index in [9.17, 15) is 18.8 Å². The molecule has 0 radical (unpaired) electrons. The quantitative estimate of drug-likeness (QED) is 0.312. The molecule has 0 aliphatic rings. The number of ether oxygens (including phenoxy) is 1. The molecule has 9 heteroatoms. The minimum Gasteiger partial charge on any atom is -0.495 e. The summed E-state index contributed by atoms with van der Waals surface area (Å²) in [6.07, 6.45) is 6.21. The van der Waals surface area contributed by atoms with Crippen LogP contribution in [0.25, 0.3) is 11.8 Å². The van der Waals surface area contributed by atoms with Crippen LogP contribution in [0.3, 0.4) is 0 Å². The number of halogens is 1. The van der Waals surface area contributed by atoms with E-state index in [1.165, 1.54) is 30.3 Å². The minimum absolute atomic E-state index is 0.0637. The van der Waals surface area contributed by atoms with Crippen molar-refractivity contribution in [3.8, 4) is 11.4 Å². The standard InChI is InChI=1S/C24H23FN4O4/c1-16-14-29(15-26-16)20-9-3-17(13-22(20)33-2)4-11-23(31)27-28-24(32)12-10-21(30)18-5-7-19(25)8-6-18/h3-9,11,13-15H,10,12H2,1-2H3,(H,27,31)(H,28,32). The molecule has 2 aromatic carbocycles. The van der Waals surface area contributed by atoms with Crippen LogP contribution in [0.4, 0.5) is 4.39 Å². The van der Waals surface area contributed by atoms with Crippen LogP contribution in [0.5, 0.6) is 5.75 Å². The van der Waals surface area contributed by atoms with Crippen LogP contribution in [0.1, 0.15) is 34.5 Å². The highest BCUT2D eigenvalue weighted by atomic mass is 19.1. The number of nitrogens with zero attached hydrogens (tertiary/aromatic N) is 2. The summed E-state index contributed by atoms with van der Waals surface area (Å²) < 4.78 is 20.2. The zero-order valence-electron chi connectivity index (χ0n) is 18.2. The van der Waals surface area contributed by atoms with Gasteiger partial charge in [0.25, 0.3) is 5.91 Å². The van der Waals surface area contributed by atoms with Crippen molar-refractivity contribution in [2.75, 3.05) is 7.11 Å². The maximum absolute atomic E-state index is 12.9. The molecule has 0 bridgehead atoms. The number of hydrogen-bond donors (Lipinski definition) is 2. The van der Waals surface area contributed by atoms with Crippen molar-refractivity contribution in [3.05, 3.63) is 83.7 Å². The summed E-state index contributed by atoms with van der Waals surface area (Å²) in [6.45, 7) is 1.89. The molecule has 2 amide bonds. The number of rotatable bonds is 8. The molecule has 33 heavy (non-hydrogen) atoms. The van der Waals surface area contributed by atoms with Crippen molar-refractivity contribution in [3.63, 3.8) is 0 Å². The van der Waals surface area contributed by atoms with Gasteiger partial charge in [0.15, 0.2) is 5.78 Å². The van der Waals surface area contributed by atoms with Crippen molar-refractivity contribution in [2.24, 2.45) is 0 Å². The number of Topliss-reactive ketones (excluding diaryl/α,β-unsaturated/α-hetero) is 1. The molecule has 170 valence electrons. The molecule has 0 atom stereocenters. The third-order valence-corrected chi connectivity index (χ3v) is 4.69. The molecular formula is C24H23FN4O4.